The van der Waals surface area contributed by atoms with Gasteiger partial charge < -0.3 is 0 Å². The average Bonchev–Trinajstić information content (AvgIpc) is 1.97. The van der Waals surface area contributed by atoms with Gasteiger partial charge in [-0.3, -0.25) is 0 Å². The molecule has 70 valence electrons. The maximum atomic E-state index is 4.11. The van der Waals surface area contributed by atoms with E-state index in [9.17, 15) is 0 Å². The van der Waals surface area contributed by atoms with Crippen LogP contribution in [0.5, 0.6) is 0 Å². The fraction of sp³-hybridized carbons (Fsp3) is 0.833. The SMILES string of the molecule is C=C1CCCCC(C(C)C)CC1. The Hall–Kier alpha value is -0.260. The molecule has 0 nitrogen and oxygen atoms in total. The molecule has 1 fully saturated rings. The first kappa shape index (κ1) is 9.83. The smallest absolute Gasteiger partial charge is 0.0320 e. The number of hydrogen-bond acceptors (Lipinski definition) is 0. The molecular formula is C12H22. The topological polar surface area (TPSA) is 0 Å². The van der Waals surface area contributed by atoms with Crippen LogP contribution in [0.1, 0.15) is 52.4 Å². The number of hydrogen-bond donors (Lipinski definition) is 0. The molecule has 0 aromatic rings. The lowest BCUT2D eigenvalue weighted by Crippen LogP contribution is -2.10. The summed E-state index contributed by atoms with van der Waals surface area (Å²) in [7, 11) is 0. The van der Waals surface area contributed by atoms with Crippen LogP contribution in [-0.4, -0.2) is 0 Å². The second-order valence-electron chi connectivity index (χ2n) is 4.54. The summed E-state index contributed by atoms with van der Waals surface area (Å²) in [5.41, 5.74) is 1.49. The molecule has 0 aromatic heterocycles. The highest BCUT2D eigenvalue weighted by molar-refractivity contribution is 4.95. The fourth-order valence-electron chi connectivity index (χ4n) is 2.11. The molecule has 1 aliphatic rings. The first-order valence-electron chi connectivity index (χ1n) is 5.37. The lowest BCUT2D eigenvalue weighted by Gasteiger charge is -2.23. The molecule has 0 radical (unpaired) electrons. The van der Waals surface area contributed by atoms with Crippen LogP contribution in [0.15, 0.2) is 12.2 Å². The lowest BCUT2D eigenvalue weighted by molar-refractivity contribution is 0.315. The van der Waals surface area contributed by atoms with Crippen LogP contribution in [0, 0.1) is 11.8 Å². The molecular weight excluding hydrogens is 144 g/mol. The maximum Gasteiger partial charge on any atom is -0.0320 e. The van der Waals surface area contributed by atoms with Gasteiger partial charge in [-0.2, -0.15) is 0 Å². The Morgan fingerprint density at radius 2 is 1.92 bits per heavy atom. The molecule has 1 unspecified atom stereocenters. The summed E-state index contributed by atoms with van der Waals surface area (Å²) in [6.07, 6.45) is 8.19. The van der Waals surface area contributed by atoms with Crippen molar-refractivity contribution in [1.29, 1.82) is 0 Å². The van der Waals surface area contributed by atoms with Gasteiger partial charge in [-0.25, -0.2) is 0 Å². The minimum atomic E-state index is 0.871. The van der Waals surface area contributed by atoms with Crippen molar-refractivity contribution in [2.75, 3.05) is 0 Å². The van der Waals surface area contributed by atoms with E-state index in [-0.39, 0.29) is 0 Å². The number of allylic oxidation sites excluding steroid dienone is 1. The summed E-state index contributed by atoms with van der Waals surface area (Å²) in [5, 5.41) is 0. The Kier molecular flexibility index (Phi) is 3.84. The van der Waals surface area contributed by atoms with Gasteiger partial charge in [-0.1, -0.05) is 38.8 Å². The average molecular weight is 166 g/mol. The van der Waals surface area contributed by atoms with Gasteiger partial charge in [0.2, 0.25) is 0 Å². The molecule has 1 aliphatic carbocycles. The second-order valence-corrected chi connectivity index (χ2v) is 4.54. The van der Waals surface area contributed by atoms with Gasteiger partial charge in [0.25, 0.3) is 0 Å². The lowest BCUT2D eigenvalue weighted by atomic mass is 9.83. The molecule has 0 aromatic carbocycles. The predicted molar refractivity (Wildman–Crippen MR) is 55.2 cm³/mol. The maximum absolute atomic E-state index is 4.11. The molecule has 0 heteroatoms. The van der Waals surface area contributed by atoms with Crippen molar-refractivity contribution < 1.29 is 0 Å². The van der Waals surface area contributed by atoms with Gasteiger partial charge in [0, 0.05) is 0 Å². The van der Waals surface area contributed by atoms with E-state index in [0.29, 0.717) is 0 Å². The van der Waals surface area contributed by atoms with Gasteiger partial charge in [0.05, 0.1) is 0 Å². The van der Waals surface area contributed by atoms with Crippen LogP contribution in [0.2, 0.25) is 0 Å². The van der Waals surface area contributed by atoms with Crippen LogP contribution >= 0.6 is 0 Å². The van der Waals surface area contributed by atoms with E-state index in [1.165, 1.54) is 44.1 Å². The summed E-state index contributed by atoms with van der Waals surface area (Å²) < 4.78 is 0. The molecule has 0 heterocycles. The zero-order valence-corrected chi connectivity index (χ0v) is 8.60. The summed E-state index contributed by atoms with van der Waals surface area (Å²) in [6.45, 7) is 8.82. The van der Waals surface area contributed by atoms with Gasteiger partial charge in [-0.15, -0.1) is 0 Å². The molecule has 0 saturated heterocycles. The van der Waals surface area contributed by atoms with E-state index >= 15 is 0 Å². The minimum Gasteiger partial charge on any atom is -0.0999 e. The van der Waals surface area contributed by atoms with Crippen LogP contribution in [0.4, 0.5) is 0 Å². The van der Waals surface area contributed by atoms with Gasteiger partial charge >= 0.3 is 0 Å². The van der Waals surface area contributed by atoms with E-state index in [1.807, 2.05) is 0 Å². The number of rotatable bonds is 1. The predicted octanol–water partition coefficient (Wildman–Crippen LogP) is 4.17. The Balaban J connectivity index is 2.39. The quantitative estimate of drug-likeness (QED) is 0.513. The molecule has 0 amide bonds. The Morgan fingerprint density at radius 1 is 1.17 bits per heavy atom. The largest absolute Gasteiger partial charge is 0.0999 e. The van der Waals surface area contributed by atoms with Crippen LogP contribution in [0.3, 0.4) is 0 Å². The Labute approximate surface area is 77.1 Å². The summed E-state index contributed by atoms with van der Waals surface area (Å²) >= 11 is 0. The fourth-order valence-corrected chi connectivity index (χ4v) is 2.11. The van der Waals surface area contributed by atoms with Gasteiger partial charge in [-0.05, 0) is 37.5 Å². The summed E-state index contributed by atoms with van der Waals surface area (Å²) in [6, 6.07) is 0. The zero-order valence-electron chi connectivity index (χ0n) is 8.60. The van der Waals surface area contributed by atoms with Crippen molar-refractivity contribution in [2.24, 2.45) is 11.8 Å². The monoisotopic (exact) mass is 166 g/mol. The normalized spacial score (nSPS) is 26.9. The standard InChI is InChI=1S/C12H22/c1-10(2)12-7-5-4-6-11(3)8-9-12/h10,12H,3-9H2,1-2H3. The van der Waals surface area contributed by atoms with Crippen molar-refractivity contribution in [2.45, 2.75) is 52.4 Å². The third-order valence-electron chi connectivity index (χ3n) is 3.17. The van der Waals surface area contributed by atoms with Crippen molar-refractivity contribution in [1.82, 2.24) is 0 Å². The Morgan fingerprint density at radius 3 is 2.58 bits per heavy atom. The molecule has 0 bridgehead atoms. The van der Waals surface area contributed by atoms with E-state index in [0.717, 1.165) is 11.8 Å². The minimum absolute atomic E-state index is 0.871. The molecule has 1 rings (SSSR count). The molecule has 1 atom stereocenters. The van der Waals surface area contributed by atoms with Crippen molar-refractivity contribution in [3.8, 4) is 0 Å². The molecule has 0 spiro atoms. The molecule has 0 N–H and O–H groups in total. The zero-order chi connectivity index (χ0) is 8.97. The van der Waals surface area contributed by atoms with Crippen molar-refractivity contribution in [3.63, 3.8) is 0 Å². The van der Waals surface area contributed by atoms with Crippen LogP contribution in [-0.2, 0) is 0 Å². The first-order valence-corrected chi connectivity index (χ1v) is 5.37. The third kappa shape index (κ3) is 3.00. The van der Waals surface area contributed by atoms with E-state index in [2.05, 4.69) is 20.4 Å². The van der Waals surface area contributed by atoms with E-state index in [1.54, 1.807) is 0 Å². The van der Waals surface area contributed by atoms with Crippen LogP contribution in [0.25, 0.3) is 0 Å². The van der Waals surface area contributed by atoms with Gasteiger partial charge in [0.1, 0.15) is 0 Å². The highest BCUT2D eigenvalue weighted by Gasteiger charge is 2.15. The summed E-state index contributed by atoms with van der Waals surface area (Å²) in [4.78, 5) is 0. The van der Waals surface area contributed by atoms with E-state index < -0.39 is 0 Å². The Bertz CT molecular complexity index is 144. The van der Waals surface area contributed by atoms with E-state index in [4.69, 9.17) is 0 Å². The van der Waals surface area contributed by atoms with Gasteiger partial charge in [0.15, 0.2) is 0 Å². The van der Waals surface area contributed by atoms with Crippen molar-refractivity contribution >= 4 is 0 Å². The summed E-state index contributed by atoms with van der Waals surface area (Å²) in [5.74, 6) is 1.83. The molecule has 0 aliphatic heterocycles. The highest BCUT2D eigenvalue weighted by Crippen LogP contribution is 2.29. The highest BCUT2D eigenvalue weighted by atomic mass is 14.2. The molecule has 1 saturated carbocycles. The third-order valence-corrected chi connectivity index (χ3v) is 3.17. The first-order chi connectivity index (χ1) is 5.70. The van der Waals surface area contributed by atoms with Crippen molar-refractivity contribution in [3.05, 3.63) is 12.2 Å². The molecule has 12 heavy (non-hydrogen) atoms. The second kappa shape index (κ2) is 4.69. The van der Waals surface area contributed by atoms with Crippen LogP contribution < -0.4 is 0 Å².